The first-order valence-corrected chi connectivity index (χ1v) is 22.8. The standard InChI is InChI=1S/C42H54F4N6O9S/c1-20-29-19-52(30(20)34(53)50-41(18-25(41)33(43)44)37(55)51-62(57,58)40(5)13-14-40)36(54)32(39(2,3)4)49-38(56)61-28-16-21-15-24(21)23(28)9-7-8-12-42(45,46)31-35(60-29)48-27-17-22(59-6)10-11-26(27)47-31/h10-11,17,20-21,23-25,28-30,32-33H,7-9,12-16,18-19H2,1-6H3,(H,49,56)(H,50,53)(H,51,55)/t20?,21?,23?,24?,25?,28?,29?,30?,32?,41-/m1/s1. The zero-order valence-electron chi connectivity index (χ0n) is 35.5. The number of carbonyl (C=O) groups is 4. The van der Waals surface area contributed by atoms with Gasteiger partial charge in [-0.25, -0.2) is 32.0 Å². The molecule has 6 aliphatic rings. The van der Waals surface area contributed by atoms with Crippen molar-refractivity contribution < 1.29 is 59.4 Å². The Bertz CT molecular complexity index is 2270. The highest BCUT2D eigenvalue weighted by Gasteiger charge is 2.68. The molecule has 5 fully saturated rings. The van der Waals surface area contributed by atoms with Crippen molar-refractivity contribution >= 4 is 44.9 Å². The number of benzene rings is 1. The Hall–Kier alpha value is -4.49. The van der Waals surface area contributed by atoms with Crippen molar-refractivity contribution in [1.82, 2.24) is 30.2 Å². The predicted molar refractivity (Wildman–Crippen MR) is 214 cm³/mol. The summed E-state index contributed by atoms with van der Waals surface area (Å²) >= 11 is 0. The van der Waals surface area contributed by atoms with E-state index >= 15 is 8.78 Å². The zero-order valence-corrected chi connectivity index (χ0v) is 36.3. The second-order valence-electron chi connectivity index (χ2n) is 19.6. The Morgan fingerprint density at radius 1 is 1.02 bits per heavy atom. The third kappa shape index (κ3) is 8.01. The van der Waals surface area contributed by atoms with Gasteiger partial charge in [-0.05, 0) is 87.2 Å². The van der Waals surface area contributed by atoms with E-state index in [1.807, 2.05) is 4.72 Å². The van der Waals surface area contributed by atoms with Crippen LogP contribution in [0.1, 0.15) is 98.1 Å². The molecule has 1 aromatic carbocycles. The van der Waals surface area contributed by atoms with Crippen molar-refractivity contribution in [2.24, 2.45) is 35.0 Å². The van der Waals surface area contributed by atoms with Crippen molar-refractivity contribution in [3.63, 3.8) is 0 Å². The van der Waals surface area contributed by atoms with Gasteiger partial charge >= 0.3 is 6.09 Å². The number of halogens is 4. The molecule has 4 aliphatic carbocycles. The first-order chi connectivity index (χ1) is 29.0. The van der Waals surface area contributed by atoms with Crippen LogP contribution in [0.4, 0.5) is 22.4 Å². The molecule has 0 radical (unpaired) electrons. The molecule has 4 amide bonds. The number of sulfonamides is 1. The summed E-state index contributed by atoms with van der Waals surface area (Å²) < 4.78 is 106. The molecule has 2 aliphatic heterocycles. The highest BCUT2D eigenvalue weighted by atomic mass is 32.2. The van der Waals surface area contributed by atoms with Gasteiger partial charge in [-0.1, -0.05) is 34.1 Å². The molecule has 1 aromatic heterocycles. The number of ether oxygens (including phenoxy) is 3. The summed E-state index contributed by atoms with van der Waals surface area (Å²) in [6.45, 7) is 7.50. The summed E-state index contributed by atoms with van der Waals surface area (Å²) in [4.78, 5) is 66.8. The minimum Gasteiger partial charge on any atom is -0.497 e. The number of nitrogens with zero attached hydrogens (tertiary/aromatic N) is 3. The van der Waals surface area contributed by atoms with Gasteiger partial charge in [-0.15, -0.1) is 0 Å². The maximum atomic E-state index is 16.5. The van der Waals surface area contributed by atoms with Crippen LogP contribution in [0.15, 0.2) is 18.2 Å². The Balaban J connectivity index is 1.18. The van der Waals surface area contributed by atoms with Crippen molar-refractivity contribution in [3.05, 3.63) is 23.9 Å². The lowest BCUT2D eigenvalue weighted by Gasteiger charge is -2.36. The number of aromatic nitrogens is 2. The number of amides is 4. The lowest BCUT2D eigenvalue weighted by molar-refractivity contribution is -0.143. The molecule has 3 heterocycles. The van der Waals surface area contributed by atoms with Crippen LogP contribution in [-0.4, -0.2) is 102 Å². The molecule has 15 nitrogen and oxygen atoms in total. The molecule has 3 N–H and O–H groups in total. The minimum atomic E-state index is -4.31. The molecule has 9 unspecified atom stereocenters. The molecular formula is C42H54F4N6O9S. The summed E-state index contributed by atoms with van der Waals surface area (Å²) in [6, 6.07) is 1.58. The summed E-state index contributed by atoms with van der Waals surface area (Å²) in [7, 11) is -2.89. The summed E-state index contributed by atoms with van der Waals surface area (Å²) in [5, 5.41) is 5.12. The number of alkyl carbamates (subject to hydrolysis) is 1. The Labute approximate surface area is 357 Å². The highest BCUT2D eigenvalue weighted by molar-refractivity contribution is 7.91. The van der Waals surface area contributed by atoms with Gasteiger partial charge in [0.05, 0.1) is 35.4 Å². The van der Waals surface area contributed by atoms with Crippen LogP contribution in [0.3, 0.4) is 0 Å². The maximum Gasteiger partial charge on any atom is 0.408 e. The summed E-state index contributed by atoms with van der Waals surface area (Å²) in [6.07, 6.45) is -3.85. The average Bonchev–Trinajstić information content (AvgIpc) is 4.15. The van der Waals surface area contributed by atoms with Crippen LogP contribution < -0.4 is 24.8 Å². The molecule has 0 spiro atoms. The molecule has 340 valence electrons. The Kier molecular flexibility index (Phi) is 10.9. The highest BCUT2D eigenvalue weighted by Crippen LogP contribution is 2.58. The molecule has 2 bridgehead atoms. The van der Waals surface area contributed by atoms with Gasteiger partial charge in [0.2, 0.25) is 34.1 Å². The fraction of sp³-hybridized carbons (Fsp3) is 0.714. The third-order valence-corrected chi connectivity index (χ3v) is 16.3. The van der Waals surface area contributed by atoms with E-state index in [1.54, 1.807) is 26.8 Å². The first kappa shape index (κ1) is 44.1. The van der Waals surface area contributed by atoms with Crippen LogP contribution in [0, 0.1) is 35.0 Å². The van der Waals surface area contributed by atoms with Crippen molar-refractivity contribution in [3.8, 4) is 11.6 Å². The van der Waals surface area contributed by atoms with E-state index < -0.39 is 129 Å². The van der Waals surface area contributed by atoms with E-state index in [1.165, 1.54) is 33.1 Å². The van der Waals surface area contributed by atoms with Crippen LogP contribution in [0.25, 0.3) is 11.0 Å². The SMILES string of the molecule is COc1ccc2nc3c(nc2c1)OC1CN(C(=O)C(C(C)(C)C)NC(=O)OC2CC4CC4C2CCCCC3(F)F)C(C(=O)N[C@]2(C(=O)NS(=O)(=O)C3(C)CC3)CC2C(F)F)C1C. The normalized spacial score (nSPS) is 34.0. The zero-order chi connectivity index (χ0) is 44.9. The van der Waals surface area contributed by atoms with Gasteiger partial charge in [0.25, 0.3) is 11.8 Å². The molecule has 20 heteroatoms. The molecule has 2 aromatic rings. The largest absolute Gasteiger partial charge is 0.497 e. The average molecular weight is 895 g/mol. The number of nitrogens with one attached hydrogen (secondary N) is 3. The number of carbonyl (C=O) groups excluding carboxylic acids is 4. The van der Waals surface area contributed by atoms with Crippen LogP contribution in [0.5, 0.6) is 11.6 Å². The van der Waals surface area contributed by atoms with E-state index in [-0.39, 0.29) is 36.2 Å². The number of rotatable bonds is 7. The summed E-state index contributed by atoms with van der Waals surface area (Å²) in [5.41, 5.74) is -3.83. The van der Waals surface area contributed by atoms with E-state index in [2.05, 4.69) is 20.6 Å². The van der Waals surface area contributed by atoms with Gasteiger partial charge in [0.1, 0.15) is 35.6 Å². The number of hydrogen-bond acceptors (Lipinski definition) is 11. The van der Waals surface area contributed by atoms with Crippen LogP contribution >= 0.6 is 0 Å². The Morgan fingerprint density at radius 2 is 1.74 bits per heavy atom. The third-order valence-electron chi connectivity index (χ3n) is 14.1. The molecule has 62 heavy (non-hydrogen) atoms. The lowest BCUT2D eigenvalue weighted by Crippen LogP contribution is -2.61. The molecule has 4 saturated carbocycles. The van der Waals surface area contributed by atoms with Crippen molar-refractivity contribution in [2.45, 2.75) is 139 Å². The number of hydrogen-bond donors (Lipinski definition) is 3. The lowest BCUT2D eigenvalue weighted by atomic mass is 9.85. The minimum absolute atomic E-state index is 0.0595. The van der Waals surface area contributed by atoms with E-state index in [4.69, 9.17) is 14.2 Å². The van der Waals surface area contributed by atoms with E-state index in [0.717, 1.165) is 11.3 Å². The summed E-state index contributed by atoms with van der Waals surface area (Å²) in [5.74, 6) is -9.27. The smallest absolute Gasteiger partial charge is 0.408 e. The van der Waals surface area contributed by atoms with Crippen LogP contribution in [0.2, 0.25) is 0 Å². The number of fused-ring (bicyclic) bond motifs is 7. The monoisotopic (exact) mass is 894 g/mol. The first-order valence-electron chi connectivity index (χ1n) is 21.3. The molecule has 1 saturated heterocycles. The van der Waals surface area contributed by atoms with Gasteiger partial charge in [-0.3, -0.25) is 19.1 Å². The topological polar surface area (TPSA) is 195 Å². The molecular weight excluding hydrogens is 841 g/mol. The fourth-order valence-electron chi connectivity index (χ4n) is 9.75. The quantitative estimate of drug-likeness (QED) is 0.309. The van der Waals surface area contributed by atoms with Crippen LogP contribution in [-0.2, 0) is 35.1 Å². The predicted octanol–water partition coefficient (Wildman–Crippen LogP) is 5.20. The maximum absolute atomic E-state index is 16.5. The van der Waals surface area contributed by atoms with Gasteiger partial charge < -0.3 is 29.7 Å². The molecule has 10 atom stereocenters. The van der Waals surface area contributed by atoms with E-state index in [0.29, 0.717) is 36.8 Å². The van der Waals surface area contributed by atoms with Gasteiger partial charge in [0, 0.05) is 18.4 Å². The number of alkyl halides is 4. The fourth-order valence-corrected chi connectivity index (χ4v) is 11.1. The van der Waals surface area contributed by atoms with Gasteiger partial charge in [0.15, 0.2) is 5.69 Å². The second-order valence-corrected chi connectivity index (χ2v) is 21.8. The molecule has 8 rings (SSSR count). The Morgan fingerprint density at radius 3 is 2.39 bits per heavy atom. The number of methoxy groups -OCH3 is 1. The van der Waals surface area contributed by atoms with Crippen molar-refractivity contribution in [1.29, 1.82) is 0 Å². The van der Waals surface area contributed by atoms with Crippen molar-refractivity contribution in [2.75, 3.05) is 13.7 Å². The second kappa shape index (κ2) is 15.3. The van der Waals surface area contributed by atoms with Gasteiger partial charge in [-0.2, -0.15) is 8.78 Å². The van der Waals surface area contributed by atoms with E-state index in [9.17, 15) is 36.4 Å².